The first-order chi connectivity index (χ1) is 18.3. The highest BCUT2D eigenvalue weighted by Gasteiger charge is 2.35. The first-order valence-corrected chi connectivity index (χ1v) is 13.5. The minimum Gasteiger partial charge on any atom is -0.453 e. The number of amides is 3. The number of carbonyl (C=O) groups is 2. The second-order valence-electron chi connectivity index (χ2n) is 10.1. The van der Waals surface area contributed by atoms with Crippen molar-refractivity contribution < 1.29 is 32.6 Å². The SMILES string of the molecule is CNCC(CC1CCOCC1)NC(=O)N1CCCC(C(OCCNC(=O)OC)c2c(C)ccc(F)c2F)C1. The number of piperidine rings is 1. The third kappa shape index (κ3) is 8.51. The maximum Gasteiger partial charge on any atom is 0.406 e. The number of alkyl carbamates (subject to hydrolysis) is 1. The second-order valence-corrected chi connectivity index (χ2v) is 10.1. The average molecular weight is 541 g/mol. The number of nitrogens with one attached hydrogen (secondary N) is 3. The summed E-state index contributed by atoms with van der Waals surface area (Å²) >= 11 is 0. The Morgan fingerprint density at radius 1 is 1.21 bits per heavy atom. The van der Waals surface area contributed by atoms with Crippen LogP contribution in [-0.4, -0.2) is 83.2 Å². The summed E-state index contributed by atoms with van der Waals surface area (Å²) in [5, 5.41) is 8.89. The Morgan fingerprint density at radius 3 is 2.68 bits per heavy atom. The largest absolute Gasteiger partial charge is 0.453 e. The van der Waals surface area contributed by atoms with Crippen molar-refractivity contribution in [3.63, 3.8) is 0 Å². The van der Waals surface area contributed by atoms with Gasteiger partial charge in [0, 0.05) is 56.9 Å². The Hall–Kier alpha value is -2.50. The Balaban J connectivity index is 1.70. The highest BCUT2D eigenvalue weighted by molar-refractivity contribution is 5.74. The number of rotatable bonds is 11. The van der Waals surface area contributed by atoms with Crippen LogP contribution in [0.2, 0.25) is 0 Å². The number of benzene rings is 1. The topological polar surface area (TPSA) is 101 Å². The molecule has 0 radical (unpaired) electrons. The molecule has 3 N–H and O–H groups in total. The van der Waals surface area contributed by atoms with E-state index < -0.39 is 23.8 Å². The molecule has 3 rings (SSSR count). The van der Waals surface area contributed by atoms with Gasteiger partial charge < -0.3 is 35.1 Å². The monoisotopic (exact) mass is 540 g/mol. The van der Waals surface area contributed by atoms with Crippen molar-refractivity contribution in [2.24, 2.45) is 11.8 Å². The van der Waals surface area contributed by atoms with Gasteiger partial charge in [0.2, 0.25) is 0 Å². The van der Waals surface area contributed by atoms with Crippen molar-refractivity contribution in [1.82, 2.24) is 20.9 Å². The van der Waals surface area contributed by atoms with E-state index in [-0.39, 0.29) is 36.7 Å². The summed E-state index contributed by atoms with van der Waals surface area (Å²) < 4.78 is 45.4. The van der Waals surface area contributed by atoms with Gasteiger partial charge in [0.1, 0.15) is 0 Å². The quantitative estimate of drug-likeness (QED) is 0.372. The van der Waals surface area contributed by atoms with E-state index in [1.165, 1.54) is 13.2 Å². The van der Waals surface area contributed by atoms with Gasteiger partial charge in [0.05, 0.1) is 19.8 Å². The Labute approximate surface area is 223 Å². The maximum absolute atomic E-state index is 15.0. The second kappa shape index (κ2) is 15.2. The van der Waals surface area contributed by atoms with Gasteiger partial charge in [0.25, 0.3) is 0 Å². The zero-order chi connectivity index (χ0) is 27.5. The fourth-order valence-electron chi connectivity index (χ4n) is 5.41. The van der Waals surface area contributed by atoms with Gasteiger partial charge in [-0.05, 0) is 63.6 Å². The molecule has 1 aromatic rings. The van der Waals surface area contributed by atoms with Gasteiger partial charge in [0.15, 0.2) is 11.6 Å². The van der Waals surface area contributed by atoms with Gasteiger partial charge in [-0.3, -0.25) is 0 Å². The normalized spacial score (nSPS) is 20.0. The lowest BCUT2D eigenvalue weighted by Crippen LogP contribution is -2.52. The standard InChI is InChI=1S/C27H42F2N4O5/c1-18-6-7-22(28)24(29)23(18)25(38-14-10-31-27(35)36-3)20-5-4-11-33(17-20)26(34)32-21(16-30-2)15-19-8-12-37-13-9-19/h6-7,19-21,25,30H,4-5,8-17H2,1-3H3,(H,31,35)(H,32,34). The number of aryl methyl sites for hydroxylation is 1. The molecule has 3 amide bonds. The molecule has 2 saturated heterocycles. The van der Waals surface area contributed by atoms with Crippen LogP contribution in [0.5, 0.6) is 0 Å². The van der Waals surface area contributed by atoms with Crippen LogP contribution in [0.25, 0.3) is 0 Å². The molecule has 2 aliphatic rings. The predicted molar refractivity (Wildman–Crippen MR) is 139 cm³/mol. The van der Waals surface area contributed by atoms with E-state index >= 15 is 4.39 Å². The molecule has 38 heavy (non-hydrogen) atoms. The lowest BCUT2D eigenvalue weighted by Gasteiger charge is -2.38. The van der Waals surface area contributed by atoms with Crippen molar-refractivity contribution in [2.75, 3.05) is 60.2 Å². The van der Waals surface area contributed by atoms with E-state index in [1.807, 2.05) is 7.05 Å². The number of hydrogen-bond donors (Lipinski definition) is 3. The van der Waals surface area contributed by atoms with E-state index in [9.17, 15) is 14.0 Å². The fourth-order valence-corrected chi connectivity index (χ4v) is 5.41. The third-order valence-corrected chi connectivity index (χ3v) is 7.40. The molecule has 214 valence electrons. The van der Waals surface area contributed by atoms with Gasteiger partial charge >= 0.3 is 12.1 Å². The zero-order valence-corrected chi connectivity index (χ0v) is 22.7. The van der Waals surface area contributed by atoms with Crippen molar-refractivity contribution in [1.29, 1.82) is 0 Å². The number of ether oxygens (including phenoxy) is 3. The molecule has 9 nitrogen and oxygen atoms in total. The molecule has 2 aliphatic heterocycles. The van der Waals surface area contributed by atoms with Crippen molar-refractivity contribution in [2.45, 2.75) is 51.2 Å². The number of urea groups is 1. The van der Waals surface area contributed by atoms with Crippen molar-refractivity contribution in [3.8, 4) is 0 Å². The van der Waals surface area contributed by atoms with Crippen LogP contribution in [0, 0.1) is 30.4 Å². The third-order valence-electron chi connectivity index (χ3n) is 7.40. The van der Waals surface area contributed by atoms with Crippen molar-refractivity contribution >= 4 is 12.1 Å². The highest BCUT2D eigenvalue weighted by Crippen LogP contribution is 2.36. The summed E-state index contributed by atoms with van der Waals surface area (Å²) in [6.45, 7) is 5.03. The number of hydrogen-bond acceptors (Lipinski definition) is 6. The average Bonchev–Trinajstić information content (AvgIpc) is 2.92. The van der Waals surface area contributed by atoms with Gasteiger partial charge in [-0.25, -0.2) is 18.4 Å². The number of likely N-dealkylation sites (tertiary alicyclic amines) is 1. The van der Waals surface area contributed by atoms with E-state index in [2.05, 4.69) is 20.7 Å². The van der Waals surface area contributed by atoms with Crippen molar-refractivity contribution in [3.05, 3.63) is 34.9 Å². The van der Waals surface area contributed by atoms with Gasteiger partial charge in [-0.2, -0.15) is 0 Å². The number of likely N-dealkylation sites (N-methyl/N-ethyl adjacent to an activating group) is 1. The van der Waals surface area contributed by atoms with Crippen LogP contribution in [-0.2, 0) is 14.2 Å². The summed E-state index contributed by atoms with van der Waals surface area (Å²) in [6, 6.07) is 2.45. The molecule has 3 atom stereocenters. The molecular weight excluding hydrogens is 498 g/mol. The molecule has 2 fully saturated rings. The Kier molecular flexibility index (Phi) is 12.0. The molecule has 3 unspecified atom stereocenters. The molecule has 0 spiro atoms. The van der Waals surface area contributed by atoms with E-state index in [1.54, 1.807) is 11.8 Å². The lowest BCUT2D eigenvalue weighted by molar-refractivity contribution is -0.0113. The minimum absolute atomic E-state index is 0.0182. The molecule has 2 heterocycles. The first-order valence-electron chi connectivity index (χ1n) is 13.5. The van der Waals surface area contributed by atoms with E-state index in [4.69, 9.17) is 9.47 Å². The fraction of sp³-hybridized carbons (Fsp3) is 0.704. The molecule has 0 aromatic heterocycles. The van der Waals surface area contributed by atoms with Crippen LogP contribution in [0.3, 0.4) is 0 Å². The molecule has 0 aliphatic carbocycles. The smallest absolute Gasteiger partial charge is 0.406 e. The van der Waals surface area contributed by atoms with Crippen LogP contribution < -0.4 is 16.0 Å². The Morgan fingerprint density at radius 2 is 1.97 bits per heavy atom. The van der Waals surface area contributed by atoms with Gasteiger partial charge in [-0.1, -0.05) is 6.07 Å². The molecular formula is C27H42F2N4O5. The van der Waals surface area contributed by atoms with Crippen LogP contribution in [0.4, 0.5) is 18.4 Å². The number of carbonyl (C=O) groups excluding carboxylic acids is 2. The minimum atomic E-state index is -0.944. The summed E-state index contributed by atoms with van der Waals surface area (Å²) in [4.78, 5) is 26.5. The molecule has 11 heteroatoms. The first kappa shape index (κ1) is 30.0. The molecule has 0 saturated carbocycles. The maximum atomic E-state index is 15.0. The number of methoxy groups -OCH3 is 1. The van der Waals surface area contributed by atoms with E-state index in [0.717, 1.165) is 38.5 Å². The van der Waals surface area contributed by atoms with E-state index in [0.29, 0.717) is 44.0 Å². The Bertz CT molecular complexity index is 916. The summed E-state index contributed by atoms with van der Waals surface area (Å²) in [5.74, 6) is -1.63. The number of halogens is 2. The van der Waals surface area contributed by atoms with Crippen LogP contribution in [0.1, 0.15) is 49.3 Å². The van der Waals surface area contributed by atoms with Crippen LogP contribution in [0.15, 0.2) is 12.1 Å². The summed E-state index contributed by atoms with van der Waals surface area (Å²) in [5.41, 5.74) is 0.727. The molecule has 1 aromatic carbocycles. The number of nitrogens with zero attached hydrogens (tertiary/aromatic N) is 1. The van der Waals surface area contributed by atoms with Gasteiger partial charge in [-0.15, -0.1) is 0 Å². The summed E-state index contributed by atoms with van der Waals surface area (Å²) in [6.07, 6.45) is 2.88. The zero-order valence-electron chi connectivity index (χ0n) is 22.7. The predicted octanol–water partition coefficient (Wildman–Crippen LogP) is 3.51. The molecule has 0 bridgehead atoms. The van der Waals surface area contributed by atoms with Crippen LogP contribution >= 0.6 is 0 Å². The lowest BCUT2D eigenvalue weighted by atomic mass is 9.86. The summed E-state index contributed by atoms with van der Waals surface area (Å²) in [7, 11) is 3.13. The highest BCUT2D eigenvalue weighted by atomic mass is 19.2.